The number of fused-ring (bicyclic) bond motifs is 5. The molecule has 0 unspecified atom stereocenters. The number of rotatable bonds is 6. The summed E-state index contributed by atoms with van der Waals surface area (Å²) >= 11 is 0. The van der Waals surface area contributed by atoms with Crippen molar-refractivity contribution in [2.45, 2.75) is 58.5 Å². The molecular formula is C22H33NO4. The lowest BCUT2D eigenvalue weighted by Crippen LogP contribution is -2.38. The van der Waals surface area contributed by atoms with Gasteiger partial charge in [-0.3, -0.25) is 0 Å². The lowest BCUT2D eigenvalue weighted by Gasteiger charge is -2.39. The van der Waals surface area contributed by atoms with Crippen LogP contribution in [0.2, 0.25) is 0 Å². The molecule has 1 aromatic rings. The predicted molar refractivity (Wildman–Crippen MR) is 104 cm³/mol. The van der Waals surface area contributed by atoms with Gasteiger partial charge in [0.15, 0.2) is 6.29 Å². The van der Waals surface area contributed by atoms with Crippen molar-refractivity contribution in [3.8, 4) is 11.5 Å². The minimum absolute atomic E-state index is 0.208. The maximum atomic E-state index is 6.49. The van der Waals surface area contributed by atoms with Crippen LogP contribution in [-0.2, 0) is 9.47 Å². The Labute approximate surface area is 162 Å². The largest absolute Gasteiger partial charge is 0.497 e. The van der Waals surface area contributed by atoms with Gasteiger partial charge in [-0.1, -0.05) is 20.8 Å². The van der Waals surface area contributed by atoms with Crippen LogP contribution in [0.5, 0.6) is 11.5 Å². The van der Waals surface area contributed by atoms with Crippen LogP contribution in [0, 0.1) is 22.7 Å². The Kier molecular flexibility index (Phi) is 4.68. The SMILES string of the molecule is COc1ccc(OC)c([C@H](CN)O[C@@H]2C[C@H]3[C@H]4CC[C@@](C)([C@H]3O2)C4(C)C)c1. The van der Waals surface area contributed by atoms with Crippen molar-refractivity contribution < 1.29 is 18.9 Å². The van der Waals surface area contributed by atoms with E-state index in [0.717, 1.165) is 29.4 Å². The molecule has 27 heavy (non-hydrogen) atoms. The summed E-state index contributed by atoms with van der Waals surface area (Å²) in [5.41, 5.74) is 7.57. The fraction of sp³-hybridized carbons (Fsp3) is 0.727. The summed E-state index contributed by atoms with van der Waals surface area (Å²) in [7, 11) is 3.32. The van der Waals surface area contributed by atoms with E-state index in [0.29, 0.717) is 24.0 Å². The number of ether oxygens (including phenoxy) is 4. The topological polar surface area (TPSA) is 62.9 Å². The van der Waals surface area contributed by atoms with Crippen LogP contribution < -0.4 is 15.2 Å². The molecular weight excluding hydrogens is 342 g/mol. The lowest BCUT2D eigenvalue weighted by molar-refractivity contribution is -0.185. The monoisotopic (exact) mass is 375 g/mol. The van der Waals surface area contributed by atoms with Crippen molar-refractivity contribution in [2.75, 3.05) is 20.8 Å². The molecule has 1 aliphatic heterocycles. The summed E-state index contributed by atoms with van der Waals surface area (Å²) in [4.78, 5) is 0. The Morgan fingerprint density at radius 2 is 2.00 bits per heavy atom. The van der Waals surface area contributed by atoms with Gasteiger partial charge in [-0.25, -0.2) is 0 Å². The van der Waals surface area contributed by atoms with Crippen molar-refractivity contribution in [2.24, 2.45) is 28.4 Å². The summed E-state index contributed by atoms with van der Waals surface area (Å²) in [6.45, 7) is 7.62. The summed E-state index contributed by atoms with van der Waals surface area (Å²) in [5.74, 6) is 2.85. The fourth-order valence-electron chi connectivity index (χ4n) is 6.10. The Balaban J connectivity index is 1.52. The van der Waals surface area contributed by atoms with Crippen molar-refractivity contribution in [1.29, 1.82) is 0 Å². The van der Waals surface area contributed by atoms with Gasteiger partial charge in [-0.05, 0) is 53.7 Å². The van der Waals surface area contributed by atoms with Crippen LogP contribution in [0.3, 0.4) is 0 Å². The molecule has 150 valence electrons. The van der Waals surface area contributed by atoms with Crippen LogP contribution in [0.4, 0.5) is 0 Å². The van der Waals surface area contributed by atoms with Gasteiger partial charge in [-0.15, -0.1) is 0 Å². The third-order valence-corrected chi connectivity index (χ3v) is 7.98. The van der Waals surface area contributed by atoms with Gasteiger partial charge < -0.3 is 24.7 Å². The van der Waals surface area contributed by atoms with Crippen LogP contribution in [-0.4, -0.2) is 33.2 Å². The fourth-order valence-corrected chi connectivity index (χ4v) is 6.10. The highest BCUT2D eigenvalue weighted by atomic mass is 16.7. The summed E-state index contributed by atoms with van der Waals surface area (Å²) in [5, 5.41) is 0. The van der Waals surface area contributed by atoms with E-state index in [-0.39, 0.29) is 17.8 Å². The van der Waals surface area contributed by atoms with E-state index >= 15 is 0 Å². The van der Waals surface area contributed by atoms with Crippen molar-refractivity contribution >= 4 is 0 Å². The number of benzene rings is 1. The predicted octanol–water partition coefficient (Wildman–Crippen LogP) is 3.91. The first-order valence-electron chi connectivity index (χ1n) is 10.1. The number of hydrogen-bond acceptors (Lipinski definition) is 5. The molecule has 3 aliphatic rings. The third-order valence-electron chi connectivity index (χ3n) is 7.98. The molecule has 1 aromatic carbocycles. The Bertz CT molecular complexity index is 706. The minimum atomic E-state index is -0.280. The highest BCUT2D eigenvalue weighted by Gasteiger charge is 2.69. The van der Waals surface area contributed by atoms with Gasteiger partial charge in [0, 0.05) is 18.5 Å². The Morgan fingerprint density at radius 3 is 2.63 bits per heavy atom. The summed E-state index contributed by atoms with van der Waals surface area (Å²) in [6, 6.07) is 5.72. The molecule has 0 spiro atoms. The molecule has 2 aliphatic carbocycles. The maximum Gasteiger partial charge on any atom is 0.159 e. The van der Waals surface area contributed by atoms with Crippen molar-refractivity contribution in [3.05, 3.63) is 23.8 Å². The van der Waals surface area contributed by atoms with Gasteiger partial charge in [0.2, 0.25) is 0 Å². The molecule has 0 radical (unpaired) electrons. The molecule has 1 saturated heterocycles. The van der Waals surface area contributed by atoms with Crippen LogP contribution in [0.1, 0.15) is 51.7 Å². The highest BCUT2D eigenvalue weighted by molar-refractivity contribution is 5.42. The van der Waals surface area contributed by atoms with Crippen LogP contribution >= 0.6 is 0 Å². The first-order chi connectivity index (χ1) is 12.9. The first kappa shape index (κ1) is 19.0. The first-order valence-corrected chi connectivity index (χ1v) is 10.1. The maximum absolute atomic E-state index is 6.49. The summed E-state index contributed by atoms with van der Waals surface area (Å²) < 4.78 is 23.8. The van der Waals surface area contributed by atoms with Gasteiger partial charge in [-0.2, -0.15) is 0 Å². The van der Waals surface area contributed by atoms with Gasteiger partial charge >= 0.3 is 0 Å². The quantitative estimate of drug-likeness (QED) is 0.817. The van der Waals surface area contributed by atoms with Gasteiger partial charge in [0.1, 0.15) is 17.6 Å². The number of methoxy groups -OCH3 is 2. The average Bonchev–Trinajstić information content (AvgIpc) is 3.23. The molecule has 5 nitrogen and oxygen atoms in total. The normalized spacial score (nSPS) is 37.3. The number of hydrogen-bond donors (Lipinski definition) is 1. The molecule has 1 heterocycles. The third kappa shape index (κ3) is 2.70. The zero-order valence-corrected chi connectivity index (χ0v) is 17.2. The molecule has 6 atom stereocenters. The number of nitrogens with two attached hydrogens (primary N) is 1. The zero-order chi connectivity index (χ0) is 19.4. The molecule has 4 rings (SSSR count). The van der Waals surface area contributed by atoms with Gasteiger partial charge in [0.25, 0.3) is 0 Å². The molecule has 0 aromatic heterocycles. The second-order valence-corrected chi connectivity index (χ2v) is 9.14. The second kappa shape index (κ2) is 6.64. The molecule has 5 heteroatoms. The average molecular weight is 376 g/mol. The zero-order valence-electron chi connectivity index (χ0n) is 17.2. The molecule has 2 saturated carbocycles. The van der Waals surface area contributed by atoms with Crippen LogP contribution in [0.25, 0.3) is 0 Å². The van der Waals surface area contributed by atoms with E-state index in [9.17, 15) is 0 Å². The van der Waals surface area contributed by atoms with E-state index in [4.69, 9.17) is 24.7 Å². The van der Waals surface area contributed by atoms with E-state index in [1.807, 2.05) is 18.2 Å². The standard InChI is InChI=1S/C22H33NO4/c1-21(2)16-8-9-22(21,3)20-14(16)11-19(27-20)26-18(12-23)15-10-13(24-4)6-7-17(15)25-5/h6-7,10,14,16,18-20H,8-9,11-12,23H2,1-5H3/t14-,16+,18-,19-,20-,22-/m0/s1. The van der Waals surface area contributed by atoms with Gasteiger partial charge in [0.05, 0.1) is 20.3 Å². The minimum Gasteiger partial charge on any atom is -0.497 e. The molecule has 0 amide bonds. The summed E-state index contributed by atoms with van der Waals surface area (Å²) in [6.07, 6.45) is 3.32. The highest BCUT2D eigenvalue weighted by Crippen LogP contribution is 2.71. The van der Waals surface area contributed by atoms with Crippen molar-refractivity contribution in [1.82, 2.24) is 0 Å². The second-order valence-electron chi connectivity index (χ2n) is 9.14. The van der Waals surface area contributed by atoms with E-state index < -0.39 is 0 Å². The van der Waals surface area contributed by atoms with E-state index in [1.165, 1.54) is 12.8 Å². The van der Waals surface area contributed by atoms with E-state index in [2.05, 4.69) is 20.8 Å². The molecule has 2 N–H and O–H groups in total. The molecule has 3 fully saturated rings. The molecule has 2 bridgehead atoms. The van der Waals surface area contributed by atoms with Crippen molar-refractivity contribution in [3.63, 3.8) is 0 Å². The lowest BCUT2D eigenvalue weighted by atomic mass is 9.70. The smallest absolute Gasteiger partial charge is 0.159 e. The Morgan fingerprint density at radius 1 is 1.22 bits per heavy atom. The van der Waals surface area contributed by atoms with Crippen LogP contribution in [0.15, 0.2) is 18.2 Å². The van der Waals surface area contributed by atoms with E-state index in [1.54, 1.807) is 14.2 Å². The Hall–Kier alpha value is -1.30.